The lowest BCUT2D eigenvalue weighted by Gasteiger charge is -2.19. The van der Waals surface area contributed by atoms with E-state index in [2.05, 4.69) is 59.5 Å². The van der Waals surface area contributed by atoms with Crippen LogP contribution in [0.1, 0.15) is 42.5 Å². The molecule has 2 rings (SSSR count). The fraction of sp³-hybridized carbons (Fsp3) is 0.294. The van der Waals surface area contributed by atoms with Crippen molar-refractivity contribution in [3.63, 3.8) is 0 Å². The molecule has 0 spiro atoms. The van der Waals surface area contributed by atoms with E-state index in [-0.39, 0.29) is 6.04 Å². The zero-order valence-corrected chi connectivity index (χ0v) is 14.1. The summed E-state index contributed by atoms with van der Waals surface area (Å²) in [5.74, 6) is 7.09. The highest BCUT2D eigenvalue weighted by atomic mass is 79.9. The van der Waals surface area contributed by atoms with Gasteiger partial charge in [-0.05, 0) is 50.7 Å². The normalized spacial score (nSPS) is 12.5. The number of nitrogens with two attached hydrogens (primary N) is 1. The maximum Gasteiger partial charge on any atom is 0.133 e. The molecule has 0 aliphatic heterocycles. The smallest absolute Gasteiger partial charge is 0.133 e. The van der Waals surface area contributed by atoms with Crippen LogP contribution >= 0.6 is 15.9 Å². The summed E-state index contributed by atoms with van der Waals surface area (Å²) in [4.78, 5) is 0. The second kappa shape index (κ2) is 7.07. The molecule has 0 aromatic heterocycles. The molecular formula is C17H21BrN2O. The van der Waals surface area contributed by atoms with E-state index in [4.69, 9.17) is 10.6 Å². The van der Waals surface area contributed by atoms with Crippen LogP contribution in [0.3, 0.4) is 0 Å². The molecule has 0 radical (unpaired) electrons. The molecule has 112 valence electrons. The quantitative estimate of drug-likeness (QED) is 0.630. The first-order valence-electron chi connectivity index (χ1n) is 6.96. The number of hydrogen-bond donors (Lipinski definition) is 2. The Bertz CT molecular complexity index is 596. The second-order valence-corrected chi connectivity index (χ2v) is 6.17. The first-order valence-corrected chi connectivity index (χ1v) is 7.75. The van der Waals surface area contributed by atoms with E-state index in [1.165, 1.54) is 5.56 Å². The predicted molar refractivity (Wildman–Crippen MR) is 90.4 cm³/mol. The Morgan fingerprint density at radius 2 is 1.57 bits per heavy atom. The number of benzene rings is 2. The molecule has 0 aliphatic rings. The number of halogens is 1. The number of ether oxygens (including phenoxy) is 1. The van der Waals surface area contributed by atoms with E-state index in [1.807, 2.05) is 18.2 Å². The number of methoxy groups -OCH3 is 1. The molecule has 21 heavy (non-hydrogen) atoms. The molecule has 0 fully saturated rings. The lowest BCUT2D eigenvalue weighted by Crippen LogP contribution is -2.28. The average Bonchev–Trinajstić information content (AvgIpc) is 2.49. The molecule has 1 unspecified atom stereocenters. The molecule has 0 saturated carbocycles. The van der Waals surface area contributed by atoms with Gasteiger partial charge in [0.05, 0.1) is 17.6 Å². The number of hydrogen-bond acceptors (Lipinski definition) is 3. The van der Waals surface area contributed by atoms with Gasteiger partial charge in [0.25, 0.3) is 0 Å². The topological polar surface area (TPSA) is 47.3 Å². The molecule has 0 aliphatic carbocycles. The van der Waals surface area contributed by atoms with E-state index in [1.54, 1.807) is 7.11 Å². The van der Waals surface area contributed by atoms with Crippen molar-refractivity contribution in [3.05, 3.63) is 63.6 Å². The van der Waals surface area contributed by atoms with Gasteiger partial charge in [0.15, 0.2) is 0 Å². The van der Waals surface area contributed by atoms with Gasteiger partial charge in [0, 0.05) is 0 Å². The molecule has 2 aromatic rings. The molecule has 0 saturated heterocycles. The summed E-state index contributed by atoms with van der Waals surface area (Å²) < 4.78 is 6.18. The Morgan fingerprint density at radius 1 is 1.00 bits per heavy atom. The van der Waals surface area contributed by atoms with Crippen LogP contribution in [0.25, 0.3) is 0 Å². The van der Waals surface area contributed by atoms with Gasteiger partial charge < -0.3 is 4.74 Å². The molecule has 0 heterocycles. The van der Waals surface area contributed by atoms with Gasteiger partial charge in [-0.15, -0.1) is 0 Å². The van der Waals surface area contributed by atoms with Crippen LogP contribution in [-0.4, -0.2) is 7.11 Å². The number of rotatable bonds is 5. The molecule has 0 amide bonds. The minimum absolute atomic E-state index is 0.0478. The summed E-state index contributed by atoms with van der Waals surface area (Å²) in [5.41, 5.74) is 6.43. The van der Waals surface area contributed by atoms with Gasteiger partial charge in [-0.2, -0.15) is 0 Å². The third-order valence-electron chi connectivity index (χ3n) is 3.61. The Kier molecular flexibility index (Phi) is 5.39. The van der Waals surface area contributed by atoms with E-state index in [9.17, 15) is 0 Å². The van der Waals surface area contributed by atoms with Crippen molar-refractivity contribution in [2.24, 2.45) is 5.84 Å². The monoisotopic (exact) mass is 348 g/mol. The van der Waals surface area contributed by atoms with Crippen LogP contribution in [-0.2, 0) is 0 Å². The first-order chi connectivity index (χ1) is 10.1. The number of hydrazine groups is 1. The molecule has 2 aromatic carbocycles. The van der Waals surface area contributed by atoms with Crippen molar-refractivity contribution in [1.82, 2.24) is 5.43 Å². The van der Waals surface area contributed by atoms with Crippen LogP contribution in [0.2, 0.25) is 0 Å². The molecule has 3 N–H and O–H groups in total. The fourth-order valence-electron chi connectivity index (χ4n) is 2.32. The third kappa shape index (κ3) is 3.64. The van der Waals surface area contributed by atoms with Crippen LogP contribution in [0.4, 0.5) is 0 Å². The third-order valence-corrected chi connectivity index (χ3v) is 4.23. The van der Waals surface area contributed by atoms with Gasteiger partial charge in [-0.3, -0.25) is 5.84 Å². The Hall–Kier alpha value is -1.36. The van der Waals surface area contributed by atoms with Crippen LogP contribution in [0.5, 0.6) is 5.75 Å². The minimum Gasteiger partial charge on any atom is -0.496 e. The fourth-order valence-corrected chi connectivity index (χ4v) is 2.88. The van der Waals surface area contributed by atoms with Crippen LogP contribution < -0.4 is 16.0 Å². The summed E-state index contributed by atoms with van der Waals surface area (Å²) in [6.45, 7) is 4.38. The Labute approximate surface area is 134 Å². The summed E-state index contributed by atoms with van der Waals surface area (Å²) >= 11 is 3.51. The lowest BCUT2D eigenvalue weighted by molar-refractivity contribution is 0.411. The van der Waals surface area contributed by atoms with E-state index < -0.39 is 0 Å². The van der Waals surface area contributed by atoms with Crippen LogP contribution in [0.15, 0.2) is 46.9 Å². The molecule has 4 heteroatoms. The van der Waals surface area contributed by atoms with E-state index >= 15 is 0 Å². The Balaban J connectivity index is 2.32. The summed E-state index contributed by atoms with van der Waals surface area (Å²) in [6.07, 6.45) is 0. The molecule has 1 atom stereocenters. The standard InChI is InChI=1S/C17H21BrN2O/c1-11(2)12-4-6-13(7-5-12)17(20-19)14-8-9-16(21-3)15(18)10-14/h4-11,17,20H,19H2,1-3H3. The lowest BCUT2D eigenvalue weighted by atomic mass is 9.95. The molecular weight excluding hydrogens is 328 g/mol. The summed E-state index contributed by atoms with van der Waals surface area (Å²) in [5, 5.41) is 0. The first kappa shape index (κ1) is 16.0. The zero-order valence-electron chi connectivity index (χ0n) is 12.6. The molecule has 0 bridgehead atoms. The van der Waals surface area contributed by atoms with Crippen LogP contribution in [0, 0.1) is 0 Å². The Morgan fingerprint density at radius 3 is 2.05 bits per heavy atom. The summed E-state index contributed by atoms with van der Waals surface area (Å²) in [6, 6.07) is 14.5. The predicted octanol–water partition coefficient (Wildman–Crippen LogP) is 4.13. The van der Waals surface area contributed by atoms with Gasteiger partial charge in [-0.1, -0.05) is 44.2 Å². The van der Waals surface area contributed by atoms with E-state index in [0.717, 1.165) is 21.3 Å². The second-order valence-electron chi connectivity index (χ2n) is 5.32. The maximum atomic E-state index is 5.76. The highest BCUT2D eigenvalue weighted by molar-refractivity contribution is 9.10. The van der Waals surface area contributed by atoms with Crippen molar-refractivity contribution >= 4 is 15.9 Å². The average molecular weight is 349 g/mol. The van der Waals surface area contributed by atoms with Gasteiger partial charge in [0.2, 0.25) is 0 Å². The summed E-state index contributed by atoms with van der Waals surface area (Å²) in [7, 11) is 1.66. The van der Waals surface area contributed by atoms with Gasteiger partial charge in [0.1, 0.15) is 5.75 Å². The minimum atomic E-state index is -0.0478. The van der Waals surface area contributed by atoms with Crippen molar-refractivity contribution < 1.29 is 4.74 Å². The van der Waals surface area contributed by atoms with Gasteiger partial charge >= 0.3 is 0 Å². The van der Waals surface area contributed by atoms with Crippen molar-refractivity contribution in [2.75, 3.05) is 7.11 Å². The largest absolute Gasteiger partial charge is 0.496 e. The van der Waals surface area contributed by atoms with Crippen molar-refractivity contribution in [1.29, 1.82) is 0 Å². The zero-order chi connectivity index (χ0) is 15.4. The molecule has 3 nitrogen and oxygen atoms in total. The maximum absolute atomic E-state index is 5.76. The highest BCUT2D eigenvalue weighted by Crippen LogP contribution is 2.30. The van der Waals surface area contributed by atoms with Crippen molar-refractivity contribution in [2.45, 2.75) is 25.8 Å². The SMILES string of the molecule is COc1ccc(C(NN)c2ccc(C(C)C)cc2)cc1Br. The van der Waals surface area contributed by atoms with Crippen molar-refractivity contribution in [3.8, 4) is 5.75 Å². The van der Waals surface area contributed by atoms with Gasteiger partial charge in [-0.25, -0.2) is 5.43 Å². The number of nitrogens with one attached hydrogen (secondary N) is 1. The van der Waals surface area contributed by atoms with E-state index in [0.29, 0.717) is 5.92 Å². The highest BCUT2D eigenvalue weighted by Gasteiger charge is 2.14.